The van der Waals surface area contributed by atoms with Crippen molar-refractivity contribution < 1.29 is 19.1 Å². The molecule has 1 aliphatic heterocycles. The number of ketones is 1. The van der Waals surface area contributed by atoms with E-state index in [0.717, 1.165) is 16.9 Å². The second-order valence-electron chi connectivity index (χ2n) is 4.63. The second-order valence-corrected chi connectivity index (χ2v) is 4.63. The fourth-order valence-electron chi connectivity index (χ4n) is 1.98. The maximum atomic E-state index is 11.3. The van der Waals surface area contributed by atoms with E-state index in [0.29, 0.717) is 12.0 Å². The highest BCUT2D eigenvalue weighted by atomic mass is 16.5. The van der Waals surface area contributed by atoms with E-state index in [1.54, 1.807) is 12.1 Å². The summed E-state index contributed by atoms with van der Waals surface area (Å²) in [6, 6.07) is 5.39. The van der Waals surface area contributed by atoms with Gasteiger partial charge in [0.1, 0.15) is 18.5 Å². The van der Waals surface area contributed by atoms with E-state index in [4.69, 9.17) is 9.47 Å². The summed E-state index contributed by atoms with van der Waals surface area (Å²) in [4.78, 5) is 22.1. The van der Waals surface area contributed by atoms with Crippen LogP contribution in [0.1, 0.15) is 29.8 Å². The van der Waals surface area contributed by atoms with E-state index in [1.807, 2.05) is 6.07 Å². The van der Waals surface area contributed by atoms with Crippen molar-refractivity contribution in [2.45, 2.75) is 26.4 Å². The fourth-order valence-corrected chi connectivity index (χ4v) is 1.98. The third-order valence-corrected chi connectivity index (χ3v) is 3.06. The molecule has 19 heavy (non-hydrogen) atoms. The topological polar surface area (TPSA) is 52.6 Å². The van der Waals surface area contributed by atoms with Gasteiger partial charge in [-0.05, 0) is 30.7 Å². The van der Waals surface area contributed by atoms with Crippen molar-refractivity contribution in [3.05, 3.63) is 41.5 Å². The summed E-state index contributed by atoms with van der Waals surface area (Å²) in [5.41, 5.74) is 2.38. The highest BCUT2D eigenvalue weighted by molar-refractivity contribution is 5.94. The molecular weight excluding hydrogens is 244 g/mol. The smallest absolute Gasteiger partial charge is 0.302 e. The standard InChI is InChI=1S/C15H16O4/c1-9(8-18-11(3)17)15-7-13-6-12(10(2)16)4-5-14(13)19-15/h4-6,15H,1,7-8H2,2-3H3. The first-order valence-corrected chi connectivity index (χ1v) is 6.09. The van der Waals surface area contributed by atoms with Crippen molar-refractivity contribution >= 4 is 11.8 Å². The minimum atomic E-state index is -0.337. The molecule has 0 aliphatic carbocycles. The number of carbonyl (C=O) groups is 2. The van der Waals surface area contributed by atoms with Crippen LogP contribution >= 0.6 is 0 Å². The van der Waals surface area contributed by atoms with Crippen molar-refractivity contribution in [2.75, 3.05) is 6.61 Å². The highest BCUT2D eigenvalue weighted by Gasteiger charge is 2.26. The Bertz CT molecular complexity index is 545. The van der Waals surface area contributed by atoms with Crippen LogP contribution in [0.3, 0.4) is 0 Å². The molecule has 0 bridgehead atoms. The first-order chi connectivity index (χ1) is 8.97. The van der Waals surface area contributed by atoms with Crippen LogP contribution in [-0.4, -0.2) is 24.5 Å². The van der Waals surface area contributed by atoms with Crippen molar-refractivity contribution in [1.29, 1.82) is 0 Å². The summed E-state index contributed by atoms with van der Waals surface area (Å²) in [6.07, 6.45) is 0.452. The molecule has 0 saturated carbocycles. The van der Waals surface area contributed by atoms with Gasteiger partial charge in [-0.25, -0.2) is 0 Å². The number of ether oxygens (including phenoxy) is 2. The molecule has 1 atom stereocenters. The molecular formula is C15H16O4. The van der Waals surface area contributed by atoms with Crippen LogP contribution in [0.25, 0.3) is 0 Å². The molecule has 0 radical (unpaired) electrons. The number of carbonyl (C=O) groups excluding carboxylic acids is 2. The van der Waals surface area contributed by atoms with Gasteiger partial charge in [0, 0.05) is 24.5 Å². The van der Waals surface area contributed by atoms with Crippen molar-refractivity contribution in [3.8, 4) is 5.75 Å². The average molecular weight is 260 g/mol. The van der Waals surface area contributed by atoms with E-state index in [9.17, 15) is 9.59 Å². The molecule has 1 unspecified atom stereocenters. The molecule has 0 saturated heterocycles. The summed E-state index contributed by atoms with van der Waals surface area (Å²) in [6.45, 7) is 6.93. The van der Waals surface area contributed by atoms with Gasteiger partial charge in [0.2, 0.25) is 0 Å². The Hall–Kier alpha value is -2.10. The van der Waals surface area contributed by atoms with Gasteiger partial charge in [0.15, 0.2) is 5.78 Å². The number of hydrogen-bond acceptors (Lipinski definition) is 4. The monoisotopic (exact) mass is 260 g/mol. The van der Waals surface area contributed by atoms with Gasteiger partial charge < -0.3 is 9.47 Å². The molecule has 1 aromatic carbocycles. The summed E-state index contributed by atoms with van der Waals surface area (Å²) in [5, 5.41) is 0. The van der Waals surface area contributed by atoms with Crippen LogP contribution in [0.5, 0.6) is 5.75 Å². The molecule has 2 rings (SSSR count). The zero-order valence-electron chi connectivity index (χ0n) is 11.1. The number of benzene rings is 1. The number of esters is 1. The quantitative estimate of drug-likeness (QED) is 0.473. The summed E-state index contributed by atoms with van der Waals surface area (Å²) >= 11 is 0. The molecule has 0 fully saturated rings. The van der Waals surface area contributed by atoms with Gasteiger partial charge in [-0.2, -0.15) is 0 Å². The maximum absolute atomic E-state index is 11.3. The van der Waals surface area contributed by atoms with Crippen molar-refractivity contribution in [2.24, 2.45) is 0 Å². The zero-order chi connectivity index (χ0) is 14.0. The van der Waals surface area contributed by atoms with Crippen molar-refractivity contribution in [1.82, 2.24) is 0 Å². The number of hydrogen-bond donors (Lipinski definition) is 0. The molecule has 0 amide bonds. The summed E-state index contributed by atoms with van der Waals surface area (Å²) in [5.74, 6) is 0.458. The largest absolute Gasteiger partial charge is 0.485 e. The van der Waals surface area contributed by atoms with E-state index in [2.05, 4.69) is 6.58 Å². The maximum Gasteiger partial charge on any atom is 0.302 e. The minimum absolute atomic E-state index is 0.0324. The van der Waals surface area contributed by atoms with Gasteiger partial charge in [-0.3, -0.25) is 9.59 Å². The normalized spacial score (nSPS) is 16.4. The first kappa shape index (κ1) is 13.3. The van der Waals surface area contributed by atoms with Gasteiger partial charge in [-0.15, -0.1) is 0 Å². The lowest BCUT2D eigenvalue weighted by molar-refractivity contribution is -0.140. The first-order valence-electron chi connectivity index (χ1n) is 6.09. The second kappa shape index (κ2) is 5.26. The molecule has 4 heteroatoms. The highest BCUT2D eigenvalue weighted by Crippen LogP contribution is 2.32. The molecule has 0 spiro atoms. The lowest BCUT2D eigenvalue weighted by atomic mass is 10.0. The van der Waals surface area contributed by atoms with Crippen molar-refractivity contribution in [3.63, 3.8) is 0 Å². The number of Topliss-reactive ketones (excluding diaryl/α,β-unsaturated/α-hetero) is 1. The zero-order valence-corrected chi connectivity index (χ0v) is 11.1. The lowest BCUT2D eigenvalue weighted by Gasteiger charge is -2.13. The number of rotatable bonds is 4. The Kier molecular flexibility index (Phi) is 3.69. The van der Waals surface area contributed by atoms with Crippen LogP contribution < -0.4 is 4.74 Å². The molecule has 100 valence electrons. The van der Waals surface area contributed by atoms with Gasteiger partial charge in [0.05, 0.1) is 0 Å². The van der Waals surface area contributed by atoms with Crippen LogP contribution in [0.2, 0.25) is 0 Å². The Morgan fingerprint density at radius 3 is 2.79 bits per heavy atom. The lowest BCUT2D eigenvalue weighted by Crippen LogP contribution is -2.20. The molecule has 1 aliphatic rings. The summed E-state index contributed by atoms with van der Waals surface area (Å²) < 4.78 is 10.6. The third-order valence-electron chi connectivity index (χ3n) is 3.06. The molecule has 0 aromatic heterocycles. The van der Waals surface area contributed by atoms with Gasteiger partial charge in [0.25, 0.3) is 0 Å². The van der Waals surface area contributed by atoms with Crippen LogP contribution in [0, 0.1) is 0 Å². The van der Waals surface area contributed by atoms with Crippen LogP contribution in [0.15, 0.2) is 30.4 Å². The summed E-state index contributed by atoms with van der Waals surface area (Å²) in [7, 11) is 0. The van der Waals surface area contributed by atoms with E-state index < -0.39 is 0 Å². The molecule has 0 N–H and O–H groups in total. The van der Waals surface area contributed by atoms with E-state index >= 15 is 0 Å². The molecule has 1 heterocycles. The fraction of sp³-hybridized carbons (Fsp3) is 0.333. The SMILES string of the molecule is C=C(COC(C)=O)C1Cc2cc(C(C)=O)ccc2O1. The Morgan fingerprint density at radius 2 is 2.16 bits per heavy atom. The third kappa shape index (κ3) is 3.02. The predicted molar refractivity (Wildman–Crippen MR) is 70.3 cm³/mol. The number of fused-ring (bicyclic) bond motifs is 1. The van der Waals surface area contributed by atoms with E-state index in [1.165, 1.54) is 13.8 Å². The minimum Gasteiger partial charge on any atom is -0.485 e. The molecule has 4 nitrogen and oxygen atoms in total. The average Bonchev–Trinajstić information content (AvgIpc) is 2.78. The van der Waals surface area contributed by atoms with E-state index in [-0.39, 0.29) is 24.5 Å². The molecule has 1 aromatic rings. The van der Waals surface area contributed by atoms with Crippen LogP contribution in [-0.2, 0) is 16.0 Å². The Balaban J connectivity index is 2.05. The van der Waals surface area contributed by atoms with Gasteiger partial charge >= 0.3 is 5.97 Å². The van der Waals surface area contributed by atoms with Crippen LogP contribution in [0.4, 0.5) is 0 Å². The predicted octanol–water partition coefficient (Wildman–Crippen LogP) is 2.31. The van der Waals surface area contributed by atoms with Gasteiger partial charge in [-0.1, -0.05) is 6.58 Å². The Morgan fingerprint density at radius 1 is 1.42 bits per heavy atom. The Labute approximate surface area is 112 Å².